The number of thiazole rings is 1. The van der Waals surface area contributed by atoms with Gasteiger partial charge in [-0.25, -0.2) is 9.37 Å². The van der Waals surface area contributed by atoms with E-state index in [1.165, 1.54) is 35.6 Å². The van der Waals surface area contributed by atoms with Gasteiger partial charge in [-0.1, -0.05) is 24.3 Å². The maximum absolute atomic E-state index is 13.0. The van der Waals surface area contributed by atoms with E-state index < -0.39 is 17.6 Å². The Morgan fingerprint density at radius 3 is 2.41 bits per heavy atom. The van der Waals surface area contributed by atoms with Crippen molar-refractivity contribution in [2.45, 2.75) is 12.7 Å². The highest BCUT2D eigenvalue weighted by molar-refractivity contribution is 7.15. The van der Waals surface area contributed by atoms with Crippen LogP contribution in [0.25, 0.3) is 16.2 Å². The lowest BCUT2D eigenvalue weighted by atomic mass is 10.1. The highest BCUT2D eigenvalue weighted by Gasteiger charge is 2.30. The number of hydrogen-bond donors (Lipinski definition) is 1. The van der Waals surface area contributed by atoms with Crippen molar-refractivity contribution in [2.75, 3.05) is 0 Å². The molecule has 2 aromatic heterocycles. The number of rotatable bonds is 4. The number of amides is 1. The van der Waals surface area contributed by atoms with Gasteiger partial charge in [0.1, 0.15) is 5.82 Å². The van der Waals surface area contributed by atoms with Gasteiger partial charge >= 0.3 is 6.18 Å². The van der Waals surface area contributed by atoms with Crippen molar-refractivity contribution in [1.82, 2.24) is 14.7 Å². The first-order chi connectivity index (χ1) is 13.8. The van der Waals surface area contributed by atoms with Gasteiger partial charge in [-0.3, -0.25) is 9.20 Å². The minimum atomic E-state index is -4.44. The number of nitrogens with one attached hydrogen (secondary N) is 1. The SMILES string of the molecule is O=C(NCc1ccc(F)cc1)c1nc2sccn2c1-c1ccc(C(F)(F)F)cc1. The number of halogens is 4. The quantitative estimate of drug-likeness (QED) is 0.465. The second-order valence-electron chi connectivity index (χ2n) is 6.25. The number of nitrogens with zero attached hydrogens (tertiary/aromatic N) is 2. The number of aromatic nitrogens is 2. The predicted octanol–water partition coefficient (Wildman–Crippen LogP) is 5.15. The predicted molar refractivity (Wildman–Crippen MR) is 101 cm³/mol. The molecule has 0 radical (unpaired) electrons. The van der Waals surface area contributed by atoms with Crippen molar-refractivity contribution < 1.29 is 22.4 Å². The van der Waals surface area contributed by atoms with Crippen LogP contribution in [0.1, 0.15) is 21.6 Å². The normalized spacial score (nSPS) is 11.7. The van der Waals surface area contributed by atoms with E-state index in [0.29, 0.717) is 21.8 Å². The number of alkyl halides is 3. The fraction of sp³-hybridized carbons (Fsp3) is 0.100. The molecule has 4 aromatic rings. The lowest BCUT2D eigenvalue weighted by Crippen LogP contribution is -2.23. The number of benzene rings is 2. The number of hydrogen-bond acceptors (Lipinski definition) is 3. The molecule has 0 saturated heterocycles. The second kappa shape index (κ2) is 7.32. The largest absolute Gasteiger partial charge is 0.416 e. The first-order valence-corrected chi connectivity index (χ1v) is 9.37. The zero-order chi connectivity index (χ0) is 20.6. The van der Waals surface area contributed by atoms with Gasteiger partial charge in [-0.2, -0.15) is 13.2 Å². The molecule has 1 amide bonds. The summed E-state index contributed by atoms with van der Waals surface area (Å²) in [5, 5.41) is 4.49. The van der Waals surface area contributed by atoms with Gasteiger partial charge in [-0.05, 0) is 29.8 Å². The molecule has 0 aliphatic heterocycles. The van der Waals surface area contributed by atoms with E-state index in [4.69, 9.17) is 0 Å². The van der Waals surface area contributed by atoms with Crippen molar-refractivity contribution in [2.24, 2.45) is 0 Å². The van der Waals surface area contributed by atoms with Crippen LogP contribution in [-0.2, 0) is 12.7 Å². The summed E-state index contributed by atoms with van der Waals surface area (Å²) in [6.45, 7) is 0.163. The molecule has 0 spiro atoms. The Hall–Kier alpha value is -3.20. The van der Waals surface area contributed by atoms with Gasteiger partial charge in [0.05, 0.1) is 11.3 Å². The Morgan fingerprint density at radius 2 is 1.76 bits per heavy atom. The minimum absolute atomic E-state index is 0.110. The fourth-order valence-electron chi connectivity index (χ4n) is 2.91. The molecule has 0 fully saturated rings. The lowest BCUT2D eigenvalue weighted by molar-refractivity contribution is -0.137. The van der Waals surface area contributed by atoms with Crippen molar-refractivity contribution in [1.29, 1.82) is 0 Å². The average Bonchev–Trinajstić information content (AvgIpc) is 3.28. The van der Waals surface area contributed by atoms with Crippen LogP contribution in [0.5, 0.6) is 0 Å². The molecule has 0 aliphatic carbocycles. The maximum atomic E-state index is 13.0. The lowest BCUT2D eigenvalue weighted by Gasteiger charge is -2.09. The summed E-state index contributed by atoms with van der Waals surface area (Å²) in [6.07, 6.45) is -2.74. The first kappa shape index (κ1) is 19.1. The van der Waals surface area contributed by atoms with Crippen molar-refractivity contribution in [3.63, 3.8) is 0 Å². The van der Waals surface area contributed by atoms with Gasteiger partial charge in [-0.15, -0.1) is 11.3 Å². The third-order valence-corrected chi connectivity index (χ3v) is 5.09. The van der Waals surface area contributed by atoms with Crippen molar-refractivity contribution in [3.8, 4) is 11.3 Å². The monoisotopic (exact) mass is 419 g/mol. The van der Waals surface area contributed by atoms with Crippen molar-refractivity contribution in [3.05, 3.63) is 82.7 Å². The molecular weight excluding hydrogens is 406 g/mol. The van der Waals surface area contributed by atoms with E-state index >= 15 is 0 Å². The molecule has 0 unspecified atom stereocenters. The van der Waals surface area contributed by atoms with Crippen LogP contribution in [0.4, 0.5) is 17.6 Å². The molecule has 4 nitrogen and oxygen atoms in total. The average molecular weight is 419 g/mol. The molecule has 2 aromatic carbocycles. The molecule has 0 atom stereocenters. The molecule has 1 N–H and O–H groups in total. The molecule has 0 bridgehead atoms. The third kappa shape index (κ3) is 3.86. The van der Waals surface area contributed by atoms with Crippen LogP contribution in [0, 0.1) is 5.82 Å². The van der Waals surface area contributed by atoms with Gasteiger partial charge in [0, 0.05) is 23.7 Å². The van der Waals surface area contributed by atoms with Crippen LogP contribution >= 0.6 is 11.3 Å². The van der Waals surface area contributed by atoms with Crippen LogP contribution in [0.3, 0.4) is 0 Å². The topological polar surface area (TPSA) is 46.4 Å². The number of carbonyl (C=O) groups is 1. The van der Waals surface area contributed by atoms with Crippen LogP contribution in [-0.4, -0.2) is 15.3 Å². The first-order valence-electron chi connectivity index (χ1n) is 8.49. The summed E-state index contributed by atoms with van der Waals surface area (Å²) >= 11 is 1.31. The van der Waals surface area contributed by atoms with E-state index in [0.717, 1.165) is 12.1 Å². The number of fused-ring (bicyclic) bond motifs is 1. The zero-order valence-corrected chi connectivity index (χ0v) is 15.5. The van der Waals surface area contributed by atoms with Gasteiger partial charge in [0.25, 0.3) is 5.91 Å². The van der Waals surface area contributed by atoms with E-state index in [-0.39, 0.29) is 18.1 Å². The molecule has 4 rings (SSSR count). The molecule has 9 heteroatoms. The van der Waals surface area contributed by atoms with Crippen LogP contribution < -0.4 is 5.32 Å². The Kier molecular flexibility index (Phi) is 4.83. The van der Waals surface area contributed by atoms with E-state index in [9.17, 15) is 22.4 Å². The van der Waals surface area contributed by atoms with E-state index in [1.54, 1.807) is 28.1 Å². The second-order valence-corrected chi connectivity index (χ2v) is 7.12. The van der Waals surface area contributed by atoms with Gasteiger partial charge in [0.2, 0.25) is 0 Å². The molecular formula is C20H13F4N3OS. The molecule has 2 heterocycles. The zero-order valence-electron chi connectivity index (χ0n) is 14.7. The molecule has 148 valence electrons. The summed E-state index contributed by atoms with van der Waals surface area (Å²) in [4.78, 5) is 17.6. The van der Waals surface area contributed by atoms with E-state index in [2.05, 4.69) is 10.3 Å². The van der Waals surface area contributed by atoms with Crippen molar-refractivity contribution >= 4 is 22.2 Å². The van der Waals surface area contributed by atoms with Crippen LogP contribution in [0.15, 0.2) is 60.1 Å². The van der Waals surface area contributed by atoms with Gasteiger partial charge in [0.15, 0.2) is 10.7 Å². The maximum Gasteiger partial charge on any atom is 0.416 e. The number of carbonyl (C=O) groups excluding carboxylic acids is 1. The summed E-state index contributed by atoms with van der Waals surface area (Å²) in [7, 11) is 0. The Labute approximate surface area is 166 Å². The van der Waals surface area contributed by atoms with Gasteiger partial charge < -0.3 is 5.32 Å². The Bertz CT molecular complexity index is 1160. The van der Waals surface area contributed by atoms with E-state index in [1.807, 2.05) is 0 Å². The molecule has 0 aliphatic rings. The summed E-state index contributed by atoms with van der Waals surface area (Å²) < 4.78 is 53.2. The summed E-state index contributed by atoms with van der Waals surface area (Å²) in [6, 6.07) is 10.3. The fourth-order valence-corrected chi connectivity index (χ4v) is 3.62. The number of imidazole rings is 1. The summed E-state index contributed by atoms with van der Waals surface area (Å²) in [5.41, 5.74) is 0.896. The highest BCUT2D eigenvalue weighted by Crippen LogP contribution is 2.33. The smallest absolute Gasteiger partial charge is 0.347 e. The standard InChI is InChI=1S/C20H13F4N3OS/c21-15-7-1-12(2-8-15)11-25-18(28)16-17(27-9-10-29-19(27)26-16)13-3-5-14(6-4-13)20(22,23)24/h1-10H,11H2,(H,25,28). The Balaban J connectivity index is 1.65. The highest BCUT2D eigenvalue weighted by atomic mass is 32.1. The summed E-state index contributed by atoms with van der Waals surface area (Å²) in [5.74, 6) is -0.848. The Morgan fingerprint density at radius 1 is 1.07 bits per heavy atom. The molecule has 29 heavy (non-hydrogen) atoms. The molecule has 0 saturated carbocycles. The minimum Gasteiger partial charge on any atom is -0.347 e. The third-order valence-electron chi connectivity index (χ3n) is 4.33. The van der Waals surface area contributed by atoms with Crippen LogP contribution in [0.2, 0.25) is 0 Å².